The Bertz CT molecular complexity index is 859. The SMILES string of the molecule is CC.CC/C(C)=C(\C=C/CC1=CSC(C2C=C(Cl)C=C(Cl)C2)(C(F)(F)F)C1)CNC(O)C1CC1. The van der Waals surface area contributed by atoms with Crippen LogP contribution in [0.25, 0.3) is 0 Å². The van der Waals surface area contributed by atoms with Crippen LogP contribution in [-0.4, -0.2) is 28.8 Å². The zero-order valence-corrected chi connectivity index (χ0v) is 22.6. The van der Waals surface area contributed by atoms with Gasteiger partial charge in [0.05, 0.1) is 0 Å². The molecule has 3 rings (SSSR count). The minimum atomic E-state index is -4.39. The second kappa shape index (κ2) is 13.0. The van der Waals surface area contributed by atoms with E-state index >= 15 is 0 Å². The van der Waals surface area contributed by atoms with E-state index in [0.717, 1.165) is 42.2 Å². The maximum atomic E-state index is 14.2. The zero-order valence-electron chi connectivity index (χ0n) is 20.3. The number of hydrogen-bond donors (Lipinski definition) is 2. The van der Waals surface area contributed by atoms with E-state index in [4.69, 9.17) is 23.2 Å². The minimum absolute atomic E-state index is 0.0779. The van der Waals surface area contributed by atoms with Crippen molar-refractivity contribution >= 4 is 35.0 Å². The quantitative estimate of drug-likeness (QED) is 0.228. The molecule has 192 valence electrons. The van der Waals surface area contributed by atoms with Crippen LogP contribution in [0.3, 0.4) is 0 Å². The smallest absolute Gasteiger partial charge is 0.378 e. The van der Waals surface area contributed by atoms with Crippen LogP contribution in [-0.2, 0) is 0 Å². The molecular formula is C26H36Cl2F3NOS. The van der Waals surface area contributed by atoms with E-state index in [1.807, 2.05) is 32.9 Å². The van der Waals surface area contributed by atoms with Crippen molar-refractivity contribution in [2.45, 2.75) is 83.4 Å². The number of thioether (sulfide) groups is 1. The zero-order chi connectivity index (χ0) is 25.5. The van der Waals surface area contributed by atoms with Gasteiger partial charge in [-0.2, -0.15) is 13.2 Å². The van der Waals surface area contributed by atoms with E-state index in [1.165, 1.54) is 17.7 Å². The van der Waals surface area contributed by atoms with Crippen LogP contribution in [0.15, 0.2) is 56.5 Å². The minimum Gasteiger partial charge on any atom is -0.378 e. The molecule has 0 amide bonds. The largest absolute Gasteiger partial charge is 0.404 e. The highest BCUT2D eigenvalue weighted by atomic mass is 35.5. The molecule has 34 heavy (non-hydrogen) atoms. The van der Waals surface area contributed by atoms with E-state index in [9.17, 15) is 18.3 Å². The van der Waals surface area contributed by atoms with Gasteiger partial charge in [0.1, 0.15) is 11.0 Å². The fourth-order valence-corrected chi connectivity index (χ4v) is 5.98. The first-order valence-electron chi connectivity index (χ1n) is 12.0. The van der Waals surface area contributed by atoms with Gasteiger partial charge in [-0.15, -0.1) is 11.8 Å². The van der Waals surface area contributed by atoms with Crippen molar-refractivity contribution in [3.63, 3.8) is 0 Å². The first kappa shape index (κ1) is 29.6. The van der Waals surface area contributed by atoms with Gasteiger partial charge in [-0.05, 0) is 68.4 Å². The first-order chi connectivity index (χ1) is 16.1. The molecule has 1 heterocycles. The molecule has 0 spiro atoms. The summed E-state index contributed by atoms with van der Waals surface area (Å²) in [7, 11) is 0. The van der Waals surface area contributed by atoms with Gasteiger partial charge in [-0.3, -0.25) is 5.32 Å². The summed E-state index contributed by atoms with van der Waals surface area (Å²) in [4.78, 5) is 0. The van der Waals surface area contributed by atoms with Crippen LogP contribution in [0.4, 0.5) is 13.2 Å². The molecule has 0 aromatic rings. The number of aliphatic hydroxyl groups excluding tert-OH is 1. The van der Waals surface area contributed by atoms with Crippen LogP contribution < -0.4 is 5.32 Å². The van der Waals surface area contributed by atoms with Crippen molar-refractivity contribution in [2.75, 3.05) is 6.54 Å². The molecule has 3 atom stereocenters. The monoisotopic (exact) mass is 537 g/mol. The van der Waals surface area contributed by atoms with Crippen molar-refractivity contribution in [3.8, 4) is 0 Å². The number of nitrogens with one attached hydrogen (secondary N) is 1. The summed E-state index contributed by atoms with van der Waals surface area (Å²) >= 11 is 13.0. The Balaban J connectivity index is 0.00000199. The molecule has 3 aliphatic rings. The maximum absolute atomic E-state index is 14.2. The van der Waals surface area contributed by atoms with Crippen molar-refractivity contribution in [1.82, 2.24) is 5.32 Å². The molecule has 8 heteroatoms. The molecule has 3 unspecified atom stereocenters. The van der Waals surface area contributed by atoms with E-state index < -0.39 is 23.1 Å². The number of halogens is 5. The number of allylic oxidation sites excluding steroid dienone is 7. The summed E-state index contributed by atoms with van der Waals surface area (Å²) in [5.41, 5.74) is 3.01. The van der Waals surface area contributed by atoms with Gasteiger partial charge in [0, 0.05) is 22.5 Å². The lowest BCUT2D eigenvalue weighted by molar-refractivity contribution is -0.167. The molecule has 0 aromatic carbocycles. The predicted molar refractivity (Wildman–Crippen MR) is 140 cm³/mol. The van der Waals surface area contributed by atoms with Crippen molar-refractivity contribution in [3.05, 3.63) is 56.5 Å². The summed E-state index contributed by atoms with van der Waals surface area (Å²) in [6.45, 7) is 8.65. The highest BCUT2D eigenvalue weighted by molar-refractivity contribution is 8.03. The maximum Gasteiger partial charge on any atom is 0.404 e. The topological polar surface area (TPSA) is 32.3 Å². The van der Waals surface area contributed by atoms with Crippen LogP contribution in [0.1, 0.15) is 66.2 Å². The normalized spacial score (nSPS) is 26.9. The number of rotatable bonds is 9. The molecule has 0 radical (unpaired) electrons. The summed E-state index contributed by atoms with van der Waals surface area (Å²) in [5, 5.41) is 15.5. The van der Waals surface area contributed by atoms with E-state index in [1.54, 1.807) is 5.41 Å². The predicted octanol–water partition coefficient (Wildman–Crippen LogP) is 8.59. The Labute approximate surface area is 216 Å². The molecule has 1 saturated carbocycles. The first-order valence-corrected chi connectivity index (χ1v) is 13.6. The molecule has 2 nitrogen and oxygen atoms in total. The molecule has 0 bridgehead atoms. The van der Waals surface area contributed by atoms with Crippen molar-refractivity contribution in [2.24, 2.45) is 11.8 Å². The van der Waals surface area contributed by atoms with Crippen molar-refractivity contribution in [1.29, 1.82) is 0 Å². The van der Waals surface area contributed by atoms with E-state index in [0.29, 0.717) is 23.9 Å². The summed E-state index contributed by atoms with van der Waals surface area (Å²) in [5.74, 6) is -0.467. The van der Waals surface area contributed by atoms with Gasteiger partial charge in [-0.1, -0.05) is 73.3 Å². The van der Waals surface area contributed by atoms with Crippen LogP contribution >= 0.6 is 35.0 Å². The lowest BCUT2D eigenvalue weighted by Gasteiger charge is -2.38. The Morgan fingerprint density at radius 2 is 2.00 bits per heavy atom. The summed E-state index contributed by atoms with van der Waals surface area (Å²) in [6.07, 6.45) is 5.49. The van der Waals surface area contributed by atoms with E-state index in [2.05, 4.69) is 12.2 Å². The third-order valence-corrected chi connectivity index (χ3v) is 8.47. The Morgan fingerprint density at radius 1 is 1.32 bits per heavy atom. The fraction of sp³-hybridized carbons (Fsp3) is 0.615. The average Bonchev–Trinajstić information content (AvgIpc) is 3.54. The van der Waals surface area contributed by atoms with Crippen molar-refractivity contribution < 1.29 is 18.3 Å². The van der Waals surface area contributed by atoms with Gasteiger partial charge < -0.3 is 5.11 Å². The molecule has 1 aliphatic heterocycles. The molecule has 0 aromatic heterocycles. The van der Waals surface area contributed by atoms with Crippen LogP contribution in [0.2, 0.25) is 0 Å². The van der Waals surface area contributed by atoms with Gasteiger partial charge in [0.15, 0.2) is 0 Å². The third-order valence-electron chi connectivity index (χ3n) is 6.42. The van der Waals surface area contributed by atoms with E-state index in [-0.39, 0.29) is 17.9 Å². The number of hydrogen-bond acceptors (Lipinski definition) is 3. The Morgan fingerprint density at radius 3 is 2.56 bits per heavy atom. The number of alkyl halides is 3. The lowest BCUT2D eigenvalue weighted by atomic mass is 9.81. The average molecular weight is 539 g/mol. The second-order valence-corrected chi connectivity index (χ2v) is 11.0. The fourth-order valence-electron chi connectivity index (χ4n) is 4.07. The van der Waals surface area contributed by atoms with Crippen LogP contribution in [0.5, 0.6) is 0 Å². The van der Waals surface area contributed by atoms with Gasteiger partial charge in [-0.25, -0.2) is 0 Å². The standard InChI is InChI=1S/C24H30Cl2F3NOS.C2H6/c1-3-15(2)18(13-30-22(31)17-7-8-17)6-4-5-16-12-23(32-14-16,24(27,28)29)19-9-20(25)11-21(26)10-19;1-2/h4,6,9,11,14,17,19,22,30-31H,3,5,7-8,10,12-13H2,1-2H3;1-2H3/b6-4-,18-15+;. The molecule has 2 N–H and O–H groups in total. The van der Waals surface area contributed by atoms with Crippen LogP contribution in [0, 0.1) is 11.8 Å². The van der Waals surface area contributed by atoms with Gasteiger partial charge in [0.2, 0.25) is 0 Å². The summed E-state index contributed by atoms with van der Waals surface area (Å²) < 4.78 is 40.7. The highest BCUT2D eigenvalue weighted by Crippen LogP contribution is 2.58. The Kier molecular flexibility index (Phi) is 11.3. The number of aliphatic hydroxyl groups is 1. The third kappa shape index (κ3) is 7.67. The molecular weight excluding hydrogens is 502 g/mol. The van der Waals surface area contributed by atoms with Gasteiger partial charge >= 0.3 is 6.18 Å². The molecule has 2 aliphatic carbocycles. The lowest BCUT2D eigenvalue weighted by Crippen LogP contribution is -2.47. The molecule has 0 saturated heterocycles. The Hall–Kier alpha value is -0.660. The highest BCUT2D eigenvalue weighted by Gasteiger charge is 2.61. The second-order valence-electron chi connectivity index (χ2n) is 8.84. The molecule has 1 fully saturated rings. The summed E-state index contributed by atoms with van der Waals surface area (Å²) in [6, 6.07) is 0. The van der Waals surface area contributed by atoms with Gasteiger partial charge in [0.25, 0.3) is 0 Å².